The highest BCUT2D eigenvalue weighted by molar-refractivity contribution is 5.79. The molecule has 11 nitrogen and oxygen atoms in total. The van der Waals surface area contributed by atoms with E-state index in [2.05, 4.69) is 53.4 Å². The van der Waals surface area contributed by atoms with Crippen molar-refractivity contribution in [2.45, 2.75) is 6.54 Å². The minimum Gasteiger partial charge on any atom is -0.453 e. The molecule has 1 amide bonds. The van der Waals surface area contributed by atoms with Crippen LogP contribution in [0.5, 0.6) is 0 Å². The summed E-state index contributed by atoms with van der Waals surface area (Å²) >= 11 is 0. The summed E-state index contributed by atoms with van der Waals surface area (Å²) in [6.45, 7) is 4.87. The standard InChI is InChI=1S/C20H20N8O3/c1-13(26-31-9-8-22-20(29)30-2)17-11-23-18-19(24-17)28(27-25-18)12-14-5-6-16-15(10-14)4-3-7-21-16/h3-7,10-11,26H,1,8-9,12H2,2H3,(H,22,29). The van der Waals surface area contributed by atoms with Gasteiger partial charge in [0.2, 0.25) is 5.65 Å². The number of rotatable bonds is 8. The predicted octanol–water partition coefficient (Wildman–Crippen LogP) is 1.67. The van der Waals surface area contributed by atoms with E-state index in [1.54, 1.807) is 10.9 Å². The van der Waals surface area contributed by atoms with Gasteiger partial charge in [0.1, 0.15) is 5.69 Å². The maximum Gasteiger partial charge on any atom is 0.406 e. The Morgan fingerprint density at radius 3 is 3.03 bits per heavy atom. The number of methoxy groups -OCH3 is 1. The molecule has 4 rings (SSSR count). The summed E-state index contributed by atoms with van der Waals surface area (Å²) < 4.78 is 6.15. The topological polar surface area (TPSA) is 129 Å². The van der Waals surface area contributed by atoms with Crippen LogP contribution in [0.25, 0.3) is 27.9 Å². The van der Waals surface area contributed by atoms with Crippen LogP contribution in [-0.4, -0.2) is 56.3 Å². The van der Waals surface area contributed by atoms with Crippen LogP contribution in [0.2, 0.25) is 0 Å². The molecule has 0 spiro atoms. The van der Waals surface area contributed by atoms with Crippen LogP contribution in [0.4, 0.5) is 4.79 Å². The molecule has 0 aliphatic rings. The molecule has 31 heavy (non-hydrogen) atoms. The third-order valence-electron chi connectivity index (χ3n) is 4.39. The summed E-state index contributed by atoms with van der Waals surface area (Å²) in [4.78, 5) is 29.5. The van der Waals surface area contributed by atoms with E-state index in [1.807, 2.05) is 24.3 Å². The molecule has 3 heterocycles. The fourth-order valence-electron chi connectivity index (χ4n) is 2.87. The first-order chi connectivity index (χ1) is 15.1. The van der Waals surface area contributed by atoms with Crippen LogP contribution in [0.15, 0.2) is 49.3 Å². The van der Waals surface area contributed by atoms with E-state index < -0.39 is 6.09 Å². The van der Waals surface area contributed by atoms with Crippen molar-refractivity contribution < 1.29 is 14.4 Å². The average molecular weight is 420 g/mol. The third kappa shape index (κ3) is 4.73. The van der Waals surface area contributed by atoms with Crippen LogP contribution >= 0.6 is 0 Å². The van der Waals surface area contributed by atoms with Crippen molar-refractivity contribution in [3.63, 3.8) is 0 Å². The van der Waals surface area contributed by atoms with Crippen molar-refractivity contribution in [2.24, 2.45) is 0 Å². The number of hydrogen-bond acceptors (Lipinski definition) is 9. The summed E-state index contributed by atoms with van der Waals surface area (Å²) in [7, 11) is 1.29. The Bertz CT molecular complexity index is 1240. The normalized spacial score (nSPS) is 10.9. The van der Waals surface area contributed by atoms with Gasteiger partial charge >= 0.3 is 6.09 Å². The van der Waals surface area contributed by atoms with Crippen molar-refractivity contribution in [1.82, 2.24) is 40.7 Å². The number of amides is 1. The Morgan fingerprint density at radius 2 is 2.16 bits per heavy atom. The Balaban J connectivity index is 1.44. The van der Waals surface area contributed by atoms with E-state index in [1.165, 1.54) is 13.3 Å². The second-order valence-corrected chi connectivity index (χ2v) is 6.53. The number of ether oxygens (including phenoxy) is 1. The lowest BCUT2D eigenvalue weighted by atomic mass is 10.1. The molecule has 4 aromatic rings. The molecule has 0 fully saturated rings. The molecule has 0 saturated carbocycles. The second kappa shape index (κ2) is 9.13. The van der Waals surface area contributed by atoms with Gasteiger partial charge in [0.15, 0.2) is 5.65 Å². The molecule has 0 bridgehead atoms. The largest absolute Gasteiger partial charge is 0.453 e. The van der Waals surface area contributed by atoms with Gasteiger partial charge in [-0.1, -0.05) is 23.9 Å². The molecule has 0 aliphatic heterocycles. The summed E-state index contributed by atoms with van der Waals surface area (Å²) in [6, 6.07) is 9.94. The Labute approximate surface area is 177 Å². The number of aromatic nitrogens is 6. The molecule has 0 aliphatic carbocycles. The number of benzene rings is 1. The van der Waals surface area contributed by atoms with Gasteiger partial charge < -0.3 is 10.1 Å². The first-order valence-electron chi connectivity index (χ1n) is 9.43. The van der Waals surface area contributed by atoms with Crippen LogP contribution in [0.1, 0.15) is 11.3 Å². The van der Waals surface area contributed by atoms with E-state index in [9.17, 15) is 4.79 Å². The van der Waals surface area contributed by atoms with E-state index >= 15 is 0 Å². The van der Waals surface area contributed by atoms with Gasteiger partial charge in [-0.2, -0.15) is 0 Å². The molecule has 11 heteroatoms. The minimum atomic E-state index is -0.526. The fraction of sp³-hybridized carbons (Fsp3) is 0.200. The first-order valence-corrected chi connectivity index (χ1v) is 9.43. The first kappa shape index (κ1) is 20.2. The monoisotopic (exact) mass is 420 g/mol. The molecular formula is C20H20N8O3. The van der Waals surface area contributed by atoms with E-state index in [0.29, 0.717) is 29.2 Å². The van der Waals surface area contributed by atoms with Gasteiger partial charge in [0, 0.05) is 18.1 Å². The average Bonchev–Trinajstić information content (AvgIpc) is 3.20. The van der Waals surface area contributed by atoms with Crippen LogP contribution in [0.3, 0.4) is 0 Å². The van der Waals surface area contributed by atoms with Crippen molar-refractivity contribution in [3.05, 3.63) is 60.6 Å². The van der Waals surface area contributed by atoms with Crippen molar-refractivity contribution >= 4 is 34.0 Å². The molecule has 0 saturated heterocycles. The zero-order valence-corrected chi connectivity index (χ0v) is 16.8. The zero-order valence-electron chi connectivity index (χ0n) is 16.8. The summed E-state index contributed by atoms with van der Waals surface area (Å²) in [5.41, 5.74) is 6.52. The Kier molecular flexibility index (Phi) is 5.94. The number of fused-ring (bicyclic) bond motifs is 2. The van der Waals surface area contributed by atoms with Crippen LogP contribution in [0, 0.1) is 0 Å². The van der Waals surface area contributed by atoms with Gasteiger partial charge in [0.05, 0.1) is 37.7 Å². The number of nitrogens with one attached hydrogen (secondary N) is 2. The lowest BCUT2D eigenvalue weighted by molar-refractivity contribution is 0.0790. The number of nitrogens with zero attached hydrogens (tertiary/aromatic N) is 6. The van der Waals surface area contributed by atoms with Crippen molar-refractivity contribution in [2.75, 3.05) is 20.3 Å². The molecule has 3 aromatic heterocycles. The number of alkyl carbamates (subject to hydrolysis) is 1. The fourth-order valence-corrected chi connectivity index (χ4v) is 2.87. The number of carbonyl (C=O) groups is 1. The predicted molar refractivity (Wildman–Crippen MR) is 112 cm³/mol. The van der Waals surface area contributed by atoms with Gasteiger partial charge in [-0.3, -0.25) is 15.3 Å². The smallest absolute Gasteiger partial charge is 0.406 e. The summed E-state index contributed by atoms with van der Waals surface area (Å²) in [5.74, 6) is 0. The van der Waals surface area contributed by atoms with Gasteiger partial charge in [-0.15, -0.1) is 5.10 Å². The highest BCUT2D eigenvalue weighted by Crippen LogP contribution is 2.16. The maximum atomic E-state index is 11.0. The summed E-state index contributed by atoms with van der Waals surface area (Å²) in [5, 5.41) is 11.8. The van der Waals surface area contributed by atoms with E-state index in [0.717, 1.165) is 16.5 Å². The second-order valence-electron chi connectivity index (χ2n) is 6.53. The van der Waals surface area contributed by atoms with Gasteiger partial charge in [0.25, 0.3) is 0 Å². The van der Waals surface area contributed by atoms with Gasteiger partial charge in [-0.05, 0) is 23.8 Å². The van der Waals surface area contributed by atoms with E-state index in [4.69, 9.17) is 4.84 Å². The maximum absolute atomic E-state index is 11.0. The molecule has 0 unspecified atom stereocenters. The SMILES string of the molecule is C=C(NOCCNC(=O)OC)c1cnc2nnn(Cc3ccc4ncccc4c3)c2n1. The highest BCUT2D eigenvalue weighted by atomic mass is 16.6. The lowest BCUT2D eigenvalue weighted by Crippen LogP contribution is -2.28. The van der Waals surface area contributed by atoms with Crippen molar-refractivity contribution in [3.8, 4) is 0 Å². The minimum absolute atomic E-state index is 0.208. The molecule has 1 aromatic carbocycles. The Hall–Kier alpha value is -4.12. The third-order valence-corrected chi connectivity index (χ3v) is 4.39. The molecule has 0 atom stereocenters. The molecule has 158 valence electrons. The number of carbonyl (C=O) groups excluding carboxylic acids is 1. The molecule has 0 radical (unpaired) electrons. The van der Waals surface area contributed by atoms with Gasteiger partial charge in [-0.25, -0.2) is 19.4 Å². The Morgan fingerprint density at radius 1 is 1.26 bits per heavy atom. The van der Waals surface area contributed by atoms with Crippen molar-refractivity contribution in [1.29, 1.82) is 0 Å². The van der Waals surface area contributed by atoms with E-state index in [-0.39, 0.29) is 13.2 Å². The number of hydroxylamine groups is 1. The number of hydrogen-bond donors (Lipinski definition) is 2. The number of pyridine rings is 1. The van der Waals surface area contributed by atoms with Crippen LogP contribution in [-0.2, 0) is 16.1 Å². The quantitative estimate of drug-likeness (QED) is 0.323. The molecular weight excluding hydrogens is 400 g/mol. The highest BCUT2D eigenvalue weighted by Gasteiger charge is 2.11. The summed E-state index contributed by atoms with van der Waals surface area (Å²) in [6.07, 6.45) is 2.78. The zero-order chi connectivity index (χ0) is 21.6. The molecule has 2 N–H and O–H groups in total. The van der Waals surface area contributed by atoms with Crippen LogP contribution < -0.4 is 10.8 Å². The lowest BCUT2D eigenvalue weighted by Gasteiger charge is -2.10.